The molecule has 0 amide bonds. The minimum atomic E-state index is 0.429. The van der Waals surface area contributed by atoms with E-state index in [9.17, 15) is 0 Å². The molecule has 0 aliphatic carbocycles. The molecule has 3 heteroatoms. The number of benzene rings is 1. The van der Waals surface area contributed by atoms with E-state index in [0.29, 0.717) is 5.41 Å². The average Bonchev–Trinajstić information content (AvgIpc) is 2.47. The van der Waals surface area contributed by atoms with E-state index in [1.54, 1.807) is 0 Å². The molecule has 1 N–H and O–H groups in total. The third kappa shape index (κ3) is 3.53. The minimum Gasteiger partial charge on any atom is -0.361 e. The Kier molecular flexibility index (Phi) is 4.92. The van der Waals surface area contributed by atoms with Gasteiger partial charge in [0.1, 0.15) is 0 Å². The quantitative estimate of drug-likeness (QED) is 0.899. The fourth-order valence-corrected chi connectivity index (χ4v) is 3.59. The highest BCUT2D eigenvalue weighted by Crippen LogP contribution is 2.34. The molecule has 2 nitrogen and oxygen atoms in total. The average molecular weight is 276 g/mol. The number of aryl methyl sites for hydroxylation is 1. The molecular weight excluding hydrogens is 252 g/mol. The van der Waals surface area contributed by atoms with Crippen molar-refractivity contribution in [3.8, 4) is 0 Å². The summed E-state index contributed by atoms with van der Waals surface area (Å²) in [5, 5.41) is 4.59. The van der Waals surface area contributed by atoms with Gasteiger partial charge in [-0.15, -0.1) is 0 Å². The number of aliphatic imine (C=N–C) groups is 1. The van der Waals surface area contributed by atoms with Crippen molar-refractivity contribution in [3.63, 3.8) is 0 Å². The van der Waals surface area contributed by atoms with Crippen molar-refractivity contribution in [1.29, 1.82) is 0 Å². The van der Waals surface area contributed by atoms with Gasteiger partial charge in [-0.1, -0.05) is 49.9 Å². The highest BCUT2D eigenvalue weighted by atomic mass is 32.2. The summed E-state index contributed by atoms with van der Waals surface area (Å²) < 4.78 is 0. The van der Waals surface area contributed by atoms with Crippen molar-refractivity contribution in [2.75, 3.05) is 12.3 Å². The molecule has 0 spiro atoms. The van der Waals surface area contributed by atoms with Crippen molar-refractivity contribution < 1.29 is 0 Å². The van der Waals surface area contributed by atoms with Crippen LogP contribution in [-0.2, 0) is 6.54 Å². The van der Waals surface area contributed by atoms with Crippen molar-refractivity contribution in [2.45, 2.75) is 40.2 Å². The van der Waals surface area contributed by atoms with Crippen molar-refractivity contribution in [1.82, 2.24) is 5.32 Å². The fraction of sp³-hybridized carbons (Fsp3) is 0.562. The Labute approximate surface area is 121 Å². The van der Waals surface area contributed by atoms with Crippen LogP contribution in [0.3, 0.4) is 0 Å². The second kappa shape index (κ2) is 6.47. The molecule has 1 aromatic carbocycles. The van der Waals surface area contributed by atoms with Crippen LogP contribution in [0.15, 0.2) is 29.3 Å². The Morgan fingerprint density at radius 1 is 1.26 bits per heavy atom. The van der Waals surface area contributed by atoms with E-state index < -0.39 is 0 Å². The summed E-state index contributed by atoms with van der Waals surface area (Å²) in [6, 6.07) is 8.52. The molecule has 104 valence electrons. The first-order valence-corrected chi connectivity index (χ1v) is 8.13. The van der Waals surface area contributed by atoms with Crippen LogP contribution in [0, 0.1) is 12.3 Å². The van der Waals surface area contributed by atoms with Crippen LogP contribution >= 0.6 is 11.8 Å². The van der Waals surface area contributed by atoms with Crippen LogP contribution in [0.4, 0.5) is 0 Å². The zero-order valence-electron chi connectivity index (χ0n) is 12.2. The van der Waals surface area contributed by atoms with Gasteiger partial charge in [0, 0.05) is 18.8 Å². The van der Waals surface area contributed by atoms with Crippen LogP contribution in [0.25, 0.3) is 0 Å². The number of thioether (sulfide) groups is 1. The summed E-state index contributed by atoms with van der Waals surface area (Å²) in [7, 11) is 0. The number of nitrogens with one attached hydrogen (secondary N) is 1. The Morgan fingerprint density at radius 3 is 2.58 bits per heavy atom. The lowest BCUT2D eigenvalue weighted by atomic mass is 9.84. The third-order valence-electron chi connectivity index (χ3n) is 4.26. The Balaban J connectivity index is 1.92. The number of hydrogen-bond acceptors (Lipinski definition) is 3. The lowest BCUT2D eigenvalue weighted by molar-refractivity contribution is 0.318. The summed E-state index contributed by atoms with van der Waals surface area (Å²) in [6.07, 6.45) is 2.45. The summed E-state index contributed by atoms with van der Waals surface area (Å²) in [5.41, 5.74) is 3.12. The van der Waals surface area contributed by atoms with Gasteiger partial charge >= 0.3 is 0 Å². The molecule has 1 aromatic rings. The molecule has 0 saturated heterocycles. The Morgan fingerprint density at radius 2 is 2.00 bits per heavy atom. The maximum absolute atomic E-state index is 4.74. The smallest absolute Gasteiger partial charge is 0.156 e. The van der Waals surface area contributed by atoms with Crippen LogP contribution in [0.5, 0.6) is 0 Å². The van der Waals surface area contributed by atoms with Crippen LogP contribution in [0.1, 0.15) is 37.8 Å². The molecule has 2 rings (SSSR count). The maximum Gasteiger partial charge on any atom is 0.156 e. The standard InChI is InChI=1S/C16H24N2S/c1-4-16(5-2)11-18-15(19-12-16)17-10-14-9-7-6-8-13(14)3/h6-9H,4-5,10-12H2,1-3H3,(H,17,18). The highest BCUT2D eigenvalue weighted by Gasteiger charge is 2.29. The summed E-state index contributed by atoms with van der Waals surface area (Å²) in [6.45, 7) is 8.58. The summed E-state index contributed by atoms with van der Waals surface area (Å²) in [4.78, 5) is 4.74. The molecule has 1 aliphatic rings. The predicted octanol–water partition coefficient (Wildman–Crippen LogP) is 3.99. The first-order valence-electron chi connectivity index (χ1n) is 7.15. The molecule has 0 fully saturated rings. The number of amidine groups is 1. The maximum atomic E-state index is 4.74. The van der Waals surface area contributed by atoms with E-state index >= 15 is 0 Å². The van der Waals surface area contributed by atoms with Gasteiger partial charge in [-0.05, 0) is 36.3 Å². The molecule has 1 aliphatic heterocycles. The first kappa shape index (κ1) is 14.4. The zero-order valence-corrected chi connectivity index (χ0v) is 13.0. The first-order chi connectivity index (χ1) is 9.19. The Bertz CT molecular complexity index is 450. The SMILES string of the molecule is CCC1(CC)CN=C(NCc2ccccc2C)SC1. The van der Waals surface area contributed by atoms with Gasteiger partial charge in [-0.3, -0.25) is 4.99 Å². The highest BCUT2D eigenvalue weighted by molar-refractivity contribution is 8.13. The summed E-state index contributed by atoms with van der Waals surface area (Å²) >= 11 is 1.88. The van der Waals surface area contributed by atoms with Gasteiger partial charge in [0.25, 0.3) is 0 Å². The van der Waals surface area contributed by atoms with Gasteiger partial charge in [0.2, 0.25) is 0 Å². The van der Waals surface area contributed by atoms with Gasteiger partial charge in [0.15, 0.2) is 5.17 Å². The lowest BCUT2D eigenvalue weighted by Crippen LogP contribution is -2.34. The monoisotopic (exact) mass is 276 g/mol. The molecule has 0 bridgehead atoms. The molecule has 0 radical (unpaired) electrons. The normalized spacial score (nSPS) is 17.9. The van der Waals surface area contributed by atoms with Gasteiger partial charge < -0.3 is 5.32 Å². The number of hydrogen-bond donors (Lipinski definition) is 1. The van der Waals surface area contributed by atoms with E-state index in [1.807, 2.05) is 11.8 Å². The summed E-state index contributed by atoms with van der Waals surface area (Å²) in [5.74, 6) is 1.19. The van der Waals surface area contributed by atoms with E-state index in [4.69, 9.17) is 4.99 Å². The molecule has 0 atom stereocenters. The van der Waals surface area contributed by atoms with Crippen LogP contribution in [-0.4, -0.2) is 17.5 Å². The fourth-order valence-electron chi connectivity index (χ4n) is 2.32. The van der Waals surface area contributed by atoms with Crippen molar-refractivity contribution in [2.24, 2.45) is 10.4 Å². The van der Waals surface area contributed by atoms with Gasteiger partial charge in [-0.2, -0.15) is 0 Å². The minimum absolute atomic E-state index is 0.429. The zero-order chi connectivity index (χ0) is 13.7. The van der Waals surface area contributed by atoms with E-state index in [-0.39, 0.29) is 0 Å². The van der Waals surface area contributed by atoms with Gasteiger partial charge in [-0.25, -0.2) is 0 Å². The molecule has 0 saturated carbocycles. The number of rotatable bonds is 4. The molecule has 1 heterocycles. The lowest BCUT2D eigenvalue weighted by Gasteiger charge is -2.33. The van der Waals surface area contributed by atoms with Crippen LogP contribution < -0.4 is 5.32 Å². The van der Waals surface area contributed by atoms with E-state index in [2.05, 4.69) is 50.4 Å². The van der Waals surface area contributed by atoms with Gasteiger partial charge in [0.05, 0.1) is 0 Å². The second-order valence-electron chi connectivity index (χ2n) is 5.40. The van der Waals surface area contributed by atoms with E-state index in [1.165, 1.54) is 29.7 Å². The topological polar surface area (TPSA) is 24.4 Å². The van der Waals surface area contributed by atoms with Crippen molar-refractivity contribution in [3.05, 3.63) is 35.4 Å². The molecule has 0 aromatic heterocycles. The third-order valence-corrected chi connectivity index (χ3v) is 5.57. The molecular formula is C16H24N2S. The van der Waals surface area contributed by atoms with E-state index in [0.717, 1.165) is 18.3 Å². The predicted molar refractivity (Wildman–Crippen MR) is 85.8 cm³/mol. The van der Waals surface area contributed by atoms with Crippen LogP contribution in [0.2, 0.25) is 0 Å². The van der Waals surface area contributed by atoms with Crippen molar-refractivity contribution >= 4 is 16.9 Å². The second-order valence-corrected chi connectivity index (χ2v) is 6.36. The Hall–Kier alpha value is -0.960. The molecule has 19 heavy (non-hydrogen) atoms. The number of nitrogens with zero attached hydrogens (tertiary/aromatic N) is 1. The molecule has 0 unspecified atom stereocenters. The largest absolute Gasteiger partial charge is 0.361 e.